The molecule has 4 aromatic heterocycles. The lowest BCUT2D eigenvalue weighted by atomic mass is 10.2. The van der Waals surface area contributed by atoms with Crippen LogP contribution in [0, 0.1) is 6.92 Å². The van der Waals surface area contributed by atoms with Crippen molar-refractivity contribution in [1.29, 1.82) is 0 Å². The molecule has 0 aromatic carbocycles. The fourth-order valence-corrected chi connectivity index (χ4v) is 2.58. The van der Waals surface area contributed by atoms with E-state index in [0.717, 1.165) is 17.1 Å². The van der Waals surface area contributed by atoms with Gasteiger partial charge in [-0.2, -0.15) is 10.2 Å². The van der Waals surface area contributed by atoms with Crippen LogP contribution in [0.5, 0.6) is 0 Å². The number of aromatic nitrogens is 6. The summed E-state index contributed by atoms with van der Waals surface area (Å²) in [4.78, 5) is 20.6. The zero-order valence-electron chi connectivity index (χ0n) is 13.4. The van der Waals surface area contributed by atoms with Crippen LogP contribution in [0.15, 0.2) is 72.2 Å². The second kappa shape index (κ2) is 6.12. The van der Waals surface area contributed by atoms with Crippen molar-refractivity contribution in [3.63, 3.8) is 0 Å². The van der Waals surface area contributed by atoms with Crippen LogP contribution in [-0.4, -0.2) is 29.5 Å². The van der Waals surface area contributed by atoms with E-state index in [1.54, 1.807) is 46.4 Å². The Bertz CT molecular complexity index is 1080. The third-order valence-electron chi connectivity index (χ3n) is 3.75. The molecule has 0 fully saturated rings. The zero-order chi connectivity index (χ0) is 17.2. The summed E-state index contributed by atoms with van der Waals surface area (Å²) in [7, 11) is 0. The van der Waals surface area contributed by atoms with Crippen molar-refractivity contribution >= 4 is 0 Å². The first-order chi connectivity index (χ1) is 12.2. The highest BCUT2D eigenvalue weighted by Crippen LogP contribution is 2.18. The predicted octanol–water partition coefficient (Wildman–Crippen LogP) is 2.18. The van der Waals surface area contributed by atoms with Gasteiger partial charge in [-0.3, -0.25) is 14.8 Å². The normalized spacial score (nSPS) is 10.8. The van der Waals surface area contributed by atoms with Crippen molar-refractivity contribution in [3.8, 4) is 22.8 Å². The molecule has 0 aliphatic heterocycles. The van der Waals surface area contributed by atoms with E-state index in [-0.39, 0.29) is 5.43 Å². The Kier molecular flexibility index (Phi) is 3.66. The molecule has 4 rings (SSSR count). The Morgan fingerprint density at radius 1 is 0.920 bits per heavy atom. The molecule has 0 bridgehead atoms. The standard InChI is InChI=1S/C18H14N6O/c1-13-12-15(4-9-20-13)24-16(5-10-21-24)18-17(25)6-11-23(22-18)14-2-7-19-8-3-14/h2-12H,1H3. The van der Waals surface area contributed by atoms with E-state index in [2.05, 4.69) is 20.2 Å². The maximum atomic E-state index is 12.4. The molecule has 0 aliphatic rings. The lowest BCUT2D eigenvalue weighted by Gasteiger charge is -2.09. The highest BCUT2D eigenvalue weighted by molar-refractivity contribution is 5.57. The molecule has 0 atom stereocenters. The van der Waals surface area contributed by atoms with Gasteiger partial charge in [-0.25, -0.2) is 9.36 Å². The molecule has 7 nitrogen and oxygen atoms in total. The summed E-state index contributed by atoms with van der Waals surface area (Å²) in [5.74, 6) is 0. The average molecular weight is 330 g/mol. The van der Waals surface area contributed by atoms with Gasteiger partial charge in [0.15, 0.2) is 5.69 Å². The molecule has 4 heterocycles. The first-order valence-electron chi connectivity index (χ1n) is 7.70. The first-order valence-corrected chi connectivity index (χ1v) is 7.70. The molecule has 4 aromatic rings. The summed E-state index contributed by atoms with van der Waals surface area (Å²) in [5.41, 5.74) is 3.30. The van der Waals surface area contributed by atoms with Gasteiger partial charge in [0.2, 0.25) is 5.43 Å². The van der Waals surface area contributed by atoms with Crippen molar-refractivity contribution in [2.45, 2.75) is 6.92 Å². The molecule has 0 saturated carbocycles. The SMILES string of the molecule is Cc1cc(-n2nccc2-c2nn(-c3ccncc3)ccc2=O)ccn1. The lowest BCUT2D eigenvalue weighted by molar-refractivity contribution is 0.820. The van der Waals surface area contributed by atoms with Gasteiger partial charge in [-0.1, -0.05) is 0 Å². The van der Waals surface area contributed by atoms with Crippen molar-refractivity contribution in [2.24, 2.45) is 0 Å². The molecule has 0 unspecified atom stereocenters. The Hall–Kier alpha value is -3.61. The number of nitrogens with zero attached hydrogens (tertiary/aromatic N) is 6. The largest absolute Gasteiger partial charge is 0.287 e. The van der Waals surface area contributed by atoms with Crippen LogP contribution in [0.3, 0.4) is 0 Å². The van der Waals surface area contributed by atoms with Gasteiger partial charge in [0.25, 0.3) is 0 Å². The minimum atomic E-state index is -0.169. The highest BCUT2D eigenvalue weighted by Gasteiger charge is 2.13. The van der Waals surface area contributed by atoms with Gasteiger partial charge >= 0.3 is 0 Å². The van der Waals surface area contributed by atoms with E-state index in [4.69, 9.17) is 0 Å². The van der Waals surface area contributed by atoms with Crippen LogP contribution >= 0.6 is 0 Å². The van der Waals surface area contributed by atoms with Crippen LogP contribution < -0.4 is 5.43 Å². The smallest absolute Gasteiger partial charge is 0.209 e. The van der Waals surface area contributed by atoms with E-state index in [9.17, 15) is 4.79 Å². The van der Waals surface area contributed by atoms with Gasteiger partial charge in [0.05, 0.1) is 23.3 Å². The Morgan fingerprint density at radius 2 is 1.72 bits per heavy atom. The second-order valence-electron chi connectivity index (χ2n) is 5.46. The van der Waals surface area contributed by atoms with Crippen LogP contribution in [0.1, 0.15) is 5.69 Å². The second-order valence-corrected chi connectivity index (χ2v) is 5.46. The fourth-order valence-electron chi connectivity index (χ4n) is 2.58. The summed E-state index contributed by atoms with van der Waals surface area (Å²) in [5, 5.41) is 8.83. The van der Waals surface area contributed by atoms with E-state index in [0.29, 0.717) is 11.4 Å². The fraction of sp³-hybridized carbons (Fsp3) is 0.0556. The van der Waals surface area contributed by atoms with Gasteiger partial charge < -0.3 is 0 Å². The monoisotopic (exact) mass is 330 g/mol. The Morgan fingerprint density at radius 3 is 2.52 bits per heavy atom. The van der Waals surface area contributed by atoms with Crippen molar-refractivity contribution in [1.82, 2.24) is 29.5 Å². The quantitative estimate of drug-likeness (QED) is 0.575. The van der Waals surface area contributed by atoms with E-state index in [1.807, 2.05) is 31.2 Å². The van der Waals surface area contributed by atoms with Crippen molar-refractivity contribution in [3.05, 3.63) is 83.3 Å². The topological polar surface area (TPSA) is 78.5 Å². The minimum Gasteiger partial charge on any atom is -0.287 e. The molecule has 0 radical (unpaired) electrons. The van der Waals surface area contributed by atoms with Crippen LogP contribution in [-0.2, 0) is 0 Å². The number of hydrogen-bond acceptors (Lipinski definition) is 5. The van der Waals surface area contributed by atoms with Gasteiger partial charge in [-0.15, -0.1) is 0 Å². The predicted molar refractivity (Wildman–Crippen MR) is 92.7 cm³/mol. The molecule has 122 valence electrons. The van der Waals surface area contributed by atoms with Crippen LogP contribution in [0.25, 0.3) is 22.8 Å². The summed E-state index contributed by atoms with van der Waals surface area (Å²) in [6.07, 6.45) is 8.36. The first kappa shape index (κ1) is 14.9. The van der Waals surface area contributed by atoms with E-state index >= 15 is 0 Å². The molecule has 0 amide bonds. The van der Waals surface area contributed by atoms with Gasteiger partial charge in [0.1, 0.15) is 0 Å². The third-order valence-corrected chi connectivity index (χ3v) is 3.75. The molecule has 25 heavy (non-hydrogen) atoms. The van der Waals surface area contributed by atoms with Crippen LogP contribution in [0.2, 0.25) is 0 Å². The minimum absolute atomic E-state index is 0.169. The average Bonchev–Trinajstić information content (AvgIpc) is 3.12. The van der Waals surface area contributed by atoms with E-state index < -0.39 is 0 Å². The molecule has 7 heteroatoms. The molecule has 0 aliphatic carbocycles. The summed E-state index contributed by atoms with van der Waals surface area (Å²) in [6.45, 7) is 1.91. The molecular formula is C18H14N6O. The summed E-state index contributed by atoms with van der Waals surface area (Å²) < 4.78 is 3.34. The number of rotatable bonds is 3. The maximum absolute atomic E-state index is 12.4. The van der Waals surface area contributed by atoms with Crippen molar-refractivity contribution < 1.29 is 0 Å². The number of aryl methyl sites for hydroxylation is 1. The third kappa shape index (κ3) is 2.83. The Balaban J connectivity index is 1.87. The highest BCUT2D eigenvalue weighted by atomic mass is 16.1. The molecular weight excluding hydrogens is 316 g/mol. The maximum Gasteiger partial charge on any atom is 0.209 e. The summed E-state index contributed by atoms with van der Waals surface area (Å²) >= 11 is 0. The van der Waals surface area contributed by atoms with Gasteiger partial charge in [-0.05, 0) is 37.3 Å². The van der Waals surface area contributed by atoms with Crippen LogP contribution in [0.4, 0.5) is 0 Å². The van der Waals surface area contributed by atoms with Crippen molar-refractivity contribution in [2.75, 3.05) is 0 Å². The number of hydrogen-bond donors (Lipinski definition) is 0. The zero-order valence-corrected chi connectivity index (χ0v) is 13.4. The molecule has 0 saturated heterocycles. The number of pyridine rings is 2. The lowest BCUT2D eigenvalue weighted by Crippen LogP contribution is -2.14. The van der Waals surface area contributed by atoms with Gasteiger partial charge in [0, 0.05) is 36.5 Å². The summed E-state index contributed by atoms with van der Waals surface area (Å²) in [6, 6.07) is 10.7. The molecule has 0 spiro atoms. The Labute approximate surface area is 143 Å². The van der Waals surface area contributed by atoms with E-state index in [1.165, 1.54) is 6.07 Å². The molecule has 0 N–H and O–H groups in total.